The zero-order valence-electron chi connectivity index (χ0n) is 17.7. The molecule has 0 saturated heterocycles. The first-order valence-corrected chi connectivity index (χ1v) is 9.33. The molecule has 13 nitrogen and oxygen atoms in total. The fourth-order valence-electron chi connectivity index (χ4n) is 2.58. The highest BCUT2D eigenvalue weighted by atomic mass is 19.4. The summed E-state index contributed by atoms with van der Waals surface area (Å²) in [5, 5.41) is 38.4. The third-order valence-electron chi connectivity index (χ3n) is 3.83. The highest BCUT2D eigenvalue weighted by Gasteiger charge is 2.45. The van der Waals surface area contributed by atoms with Gasteiger partial charge in [-0.05, 0) is 12.5 Å². The molecule has 33 heavy (non-hydrogen) atoms. The Bertz CT molecular complexity index is 742. The number of nitrogens with one attached hydrogen (secondary N) is 1. The third kappa shape index (κ3) is 10.4. The monoisotopic (exact) mass is 488 g/mol. The van der Waals surface area contributed by atoms with Crippen molar-refractivity contribution < 1.29 is 57.5 Å². The number of nitrogens with two attached hydrogens (primary N) is 2. The van der Waals surface area contributed by atoms with Gasteiger partial charge in [0.25, 0.3) is 0 Å². The summed E-state index contributed by atoms with van der Waals surface area (Å²) < 4.78 is 42.8. The predicted molar refractivity (Wildman–Crippen MR) is 105 cm³/mol. The molecule has 1 heterocycles. The van der Waals surface area contributed by atoms with Gasteiger partial charge in [0.05, 0.1) is 18.7 Å². The summed E-state index contributed by atoms with van der Waals surface area (Å²) >= 11 is 0. The molecule has 0 aromatic carbocycles. The quantitative estimate of drug-likeness (QED) is 0.143. The second kappa shape index (κ2) is 13.4. The van der Waals surface area contributed by atoms with E-state index < -0.39 is 66.8 Å². The minimum atomic E-state index is -5.08. The van der Waals surface area contributed by atoms with Gasteiger partial charge in [-0.1, -0.05) is 6.92 Å². The Balaban J connectivity index is 0.00000126. The molecular formula is C17H27F3N4O9. The number of hydrogen-bond donors (Lipinski definition) is 7. The Kier molecular flexibility index (Phi) is 12.2. The predicted octanol–water partition coefficient (Wildman–Crippen LogP) is -1.72. The molecule has 0 aromatic heterocycles. The van der Waals surface area contributed by atoms with E-state index in [0.29, 0.717) is 6.42 Å². The summed E-state index contributed by atoms with van der Waals surface area (Å²) in [6.45, 7) is 2.65. The summed E-state index contributed by atoms with van der Waals surface area (Å²) in [5.74, 6) is -5.35. The normalized spacial score (nSPS) is 21.8. The number of carbonyl (C=O) groups excluding carboxylic acids is 1. The Labute approximate surface area is 185 Å². The standard InChI is InChI=1S/C15H26N4O7.C2HF3O2/c1-3-4-25-12(9(22)6-20)13-11(18-7(2)21)8(19-15(16)17)5-10(26-13)14(23)24;3-2(4,5)1(6)7/h5,8-9,11-13,20,22H,3-4,6H2,1-2H3,(H,18,21)(H,23,24)(H4,16,17,19);(H,6,7)/t8-,9+,11+,12+,13+;/m0./s1. The number of rotatable bonds is 9. The maximum Gasteiger partial charge on any atom is 0.490 e. The Morgan fingerprint density at radius 3 is 2.21 bits per heavy atom. The maximum atomic E-state index is 11.6. The Morgan fingerprint density at radius 1 is 1.30 bits per heavy atom. The van der Waals surface area contributed by atoms with Crippen molar-refractivity contribution in [2.75, 3.05) is 13.2 Å². The average molecular weight is 488 g/mol. The lowest BCUT2D eigenvalue weighted by molar-refractivity contribution is -0.192. The van der Waals surface area contributed by atoms with Crippen LogP contribution in [-0.2, 0) is 23.9 Å². The third-order valence-corrected chi connectivity index (χ3v) is 3.83. The number of aliphatic imine (C=N–C) groups is 1. The van der Waals surface area contributed by atoms with Crippen molar-refractivity contribution in [2.24, 2.45) is 16.5 Å². The molecular weight excluding hydrogens is 461 g/mol. The maximum absolute atomic E-state index is 11.6. The molecule has 1 amide bonds. The molecule has 0 aliphatic carbocycles. The van der Waals surface area contributed by atoms with E-state index >= 15 is 0 Å². The molecule has 0 fully saturated rings. The Morgan fingerprint density at radius 2 is 1.85 bits per heavy atom. The summed E-state index contributed by atoms with van der Waals surface area (Å²) in [6, 6.07) is -1.90. The first-order valence-electron chi connectivity index (χ1n) is 9.33. The zero-order chi connectivity index (χ0) is 25.9. The number of amides is 1. The molecule has 0 unspecified atom stereocenters. The second-order valence-electron chi connectivity index (χ2n) is 6.58. The van der Waals surface area contributed by atoms with E-state index in [1.807, 2.05) is 6.92 Å². The van der Waals surface area contributed by atoms with Crippen LogP contribution in [0.2, 0.25) is 0 Å². The van der Waals surface area contributed by atoms with Crippen molar-refractivity contribution in [3.8, 4) is 0 Å². The molecule has 16 heteroatoms. The van der Waals surface area contributed by atoms with Gasteiger partial charge in [0.1, 0.15) is 12.2 Å². The number of carboxylic acids is 2. The molecule has 0 saturated carbocycles. The van der Waals surface area contributed by atoms with Crippen molar-refractivity contribution >= 4 is 23.8 Å². The van der Waals surface area contributed by atoms with E-state index in [4.69, 9.17) is 30.8 Å². The van der Waals surface area contributed by atoms with E-state index in [9.17, 15) is 38.1 Å². The van der Waals surface area contributed by atoms with Crippen molar-refractivity contribution in [1.82, 2.24) is 5.32 Å². The molecule has 0 aromatic rings. The topological polar surface area (TPSA) is 227 Å². The SMILES string of the molecule is CCCO[C@@H]([C@@H]1OC(C(=O)O)=C[C@H](N=C(N)N)[C@H]1NC(C)=O)[C@H](O)CO.O=C(O)C(F)(F)F. The summed E-state index contributed by atoms with van der Waals surface area (Å²) in [7, 11) is 0. The van der Waals surface area contributed by atoms with Crippen LogP contribution in [0.25, 0.3) is 0 Å². The number of halogens is 3. The zero-order valence-corrected chi connectivity index (χ0v) is 17.7. The van der Waals surface area contributed by atoms with Crippen molar-refractivity contribution in [3.05, 3.63) is 11.8 Å². The summed E-state index contributed by atoms with van der Waals surface area (Å²) in [4.78, 5) is 35.8. The minimum Gasteiger partial charge on any atom is -0.478 e. The van der Waals surface area contributed by atoms with Crippen LogP contribution < -0.4 is 16.8 Å². The number of nitrogens with zero attached hydrogens (tertiary/aromatic N) is 1. The lowest BCUT2D eigenvalue weighted by atomic mass is 9.92. The fourth-order valence-corrected chi connectivity index (χ4v) is 2.58. The van der Waals surface area contributed by atoms with Gasteiger partial charge in [-0.15, -0.1) is 0 Å². The van der Waals surface area contributed by atoms with Crippen molar-refractivity contribution in [1.29, 1.82) is 0 Å². The molecule has 190 valence electrons. The number of carboxylic acid groups (broad SMARTS) is 2. The van der Waals surface area contributed by atoms with Crippen LogP contribution in [0.4, 0.5) is 13.2 Å². The summed E-state index contributed by atoms with van der Waals surface area (Å²) in [5.41, 5.74) is 10.8. The van der Waals surface area contributed by atoms with E-state index in [0.717, 1.165) is 6.08 Å². The van der Waals surface area contributed by atoms with Gasteiger partial charge in [-0.2, -0.15) is 13.2 Å². The van der Waals surface area contributed by atoms with Gasteiger partial charge >= 0.3 is 18.1 Å². The first kappa shape index (κ1) is 29.9. The number of alkyl halides is 3. The number of carbonyl (C=O) groups is 3. The van der Waals surface area contributed by atoms with Gasteiger partial charge in [0, 0.05) is 13.5 Å². The average Bonchev–Trinajstić information content (AvgIpc) is 2.68. The minimum absolute atomic E-state index is 0.216. The Hall–Kier alpha value is -3.11. The molecule has 1 aliphatic rings. The summed E-state index contributed by atoms with van der Waals surface area (Å²) in [6.07, 6.45) is -6.99. The first-order chi connectivity index (χ1) is 15.1. The van der Waals surface area contributed by atoms with Crippen LogP contribution >= 0.6 is 0 Å². The number of guanidine groups is 1. The molecule has 1 aliphatic heterocycles. The van der Waals surface area contributed by atoms with E-state index in [2.05, 4.69) is 10.3 Å². The molecule has 1 rings (SSSR count). The van der Waals surface area contributed by atoms with Crippen LogP contribution in [0, 0.1) is 0 Å². The van der Waals surface area contributed by atoms with Gasteiger partial charge in [-0.3, -0.25) is 4.79 Å². The molecule has 9 N–H and O–H groups in total. The smallest absolute Gasteiger partial charge is 0.478 e. The van der Waals surface area contributed by atoms with Gasteiger partial charge in [-0.25, -0.2) is 14.6 Å². The van der Waals surface area contributed by atoms with Gasteiger partial charge < -0.3 is 46.7 Å². The molecule has 5 atom stereocenters. The van der Waals surface area contributed by atoms with Crippen molar-refractivity contribution in [3.63, 3.8) is 0 Å². The van der Waals surface area contributed by atoms with Gasteiger partial charge in [0.15, 0.2) is 12.1 Å². The second-order valence-corrected chi connectivity index (χ2v) is 6.58. The number of aliphatic hydroxyl groups excluding tert-OH is 2. The lowest BCUT2D eigenvalue weighted by Crippen LogP contribution is -2.60. The van der Waals surface area contributed by atoms with Crippen LogP contribution in [-0.4, -0.2) is 94.0 Å². The van der Waals surface area contributed by atoms with Crippen LogP contribution in [0.1, 0.15) is 20.3 Å². The van der Waals surface area contributed by atoms with E-state index in [1.165, 1.54) is 6.92 Å². The van der Waals surface area contributed by atoms with Crippen LogP contribution in [0.5, 0.6) is 0 Å². The van der Waals surface area contributed by atoms with Crippen molar-refractivity contribution in [2.45, 2.75) is 56.8 Å². The number of ether oxygens (including phenoxy) is 2. The number of hydrogen-bond acceptors (Lipinski definition) is 8. The largest absolute Gasteiger partial charge is 0.490 e. The van der Waals surface area contributed by atoms with E-state index in [1.54, 1.807) is 0 Å². The van der Waals surface area contributed by atoms with Gasteiger partial charge in [0.2, 0.25) is 11.7 Å². The number of aliphatic carboxylic acids is 2. The molecule has 0 bridgehead atoms. The highest BCUT2D eigenvalue weighted by molar-refractivity contribution is 5.85. The molecule has 0 spiro atoms. The van der Waals surface area contributed by atoms with Crippen LogP contribution in [0.3, 0.4) is 0 Å². The van der Waals surface area contributed by atoms with E-state index in [-0.39, 0.29) is 12.6 Å². The number of aliphatic hydroxyl groups is 2. The fraction of sp³-hybridized carbons (Fsp3) is 0.647. The van der Waals surface area contributed by atoms with Crippen LogP contribution in [0.15, 0.2) is 16.8 Å². The lowest BCUT2D eigenvalue weighted by Gasteiger charge is -2.40. The molecule has 0 radical (unpaired) electrons. The highest BCUT2D eigenvalue weighted by Crippen LogP contribution is 2.26.